The van der Waals surface area contributed by atoms with E-state index in [-0.39, 0.29) is 11.9 Å². The van der Waals surface area contributed by atoms with Crippen LogP contribution in [-0.4, -0.2) is 25.1 Å². The first-order valence-electron chi connectivity index (χ1n) is 7.87. The molecule has 0 aliphatic carbocycles. The zero-order chi connectivity index (χ0) is 17.5. The highest BCUT2D eigenvalue weighted by molar-refractivity contribution is 6.05. The van der Waals surface area contributed by atoms with Gasteiger partial charge in [-0.3, -0.25) is 4.79 Å². The Bertz CT molecular complexity index is 723. The van der Waals surface area contributed by atoms with Crippen LogP contribution in [0, 0.1) is 6.92 Å². The summed E-state index contributed by atoms with van der Waals surface area (Å²) in [5.41, 5.74) is 2.45. The summed E-state index contributed by atoms with van der Waals surface area (Å²) in [6.45, 7) is 6.40. The van der Waals surface area contributed by atoms with Crippen molar-refractivity contribution >= 4 is 17.6 Å². The van der Waals surface area contributed by atoms with Gasteiger partial charge in [0.15, 0.2) is 0 Å². The molecule has 0 heterocycles. The monoisotopic (exact) mass is 327 g/mol. The minimum atomic E-state index is -0.370. The third-order valence-electron chi connectivity index (χ3n) is 3.41. The summed E-state index contributed by atoms with van der Waals surface area (Å²) >= 11 is 0. The van der Waals surface area contributed by atoms with Gasteiger partial charge >= 0.3 is 5.97 Å². The molecular weight excluding hydrogens is 306 g/mol. The van der Waals surface area contributed by atoms with E-state index in [1.165, 1.54) is 0 Å². The van der Waals surface area contributed by atoms with Crippen LogP contribution < -0.4 is 10.1 Å². The Labute approximate surface area is 141 Å². The maximum atomic E-state index is 12.3. The van der Waals surface area contributed by atoms with E-state index in [2.05, 4.69) is 5.32 Å². The molecule has 0 bridgehead atoms. The smallest absolute Gasteiger partial charge is 0.338 e. The van der Waals surface area contributed by atoms with E-state index < -0.39 is 0 Å². The maximum absolute atomic E-state index is 12.3. The lowest BCUT2D eigenvalue weighted by molar-refractivity contribution is 0.0526. The van der Waals surface area contributed by atoms with Crippen molar-refractivity contribution in [3.63, 3.8) is 0 Å². The number of benzene rings is 2. The van der Waals surface area contributed by atoms with Crippen molar-refractivity contribution in [1.82, 2.24) is 0 Å². The third kappa shape index (κ3) is 4.35. The molecule has 0 unspecified atom stereocenters. The number of hydrogen-bond acceptors (Lipinski definition) is 4. The molecule has 0 saturated carbocycles. The van der Waals surface area contributed by atoms with E-state index >= 15 is 0 Å². The number of carbonyl (C=O) groups excluding carboxylic acids is 2. The predicted molar refractivity (Wildman–Crippen MR) is 92.7 cm³/mol. The van der Waals surface area contributed by atoms with E-state index in [0.717, 1.165) is 11.3 Å². The summed E-state index contributed by atoms with van der Waals surface area (Å²) in [6.07, 6.45) is 0. The van der Waals surface area contributed by atoms with Crippen molar-refractivity contribution in [3.8, 4) is 5.75 Å². The molecule has 0 saturated heterocycles. The van der Waals surface area contributed by atoms with Crippen LogP contribution in [0.5, 0.6) is 5.75 Å². The summed E-state index contributed by atoms with van der Waals surface area (Å²) in [6, 6.07) is 12.0. The number of hydrogen-bond donors (Lipinski definition) is 1. The van der Waals surface area contributed by atoms with Gasteiger partial charge in [0.25, 0.3) is 5.91 Å². The van der Waals surface area contributed by atoms with Crippen molar-refractivity contribution in [3.05, 3.63) is 59.2 Å². The van der Waals surface area contributed by atoms with Gasteiger partial charge in [0.1, 0.15) is 5.75 Å². The van der Waals surface area contributed by atoms with Crippen molar-refractivity contribution in [2.75, 3.05) is 18.5 Å². The van der Waals surface area contributed by atoms with Crippen molar-refractivity contribution in [1.29, 1.82) is 0 Å². The summed E-state index contributed by atoms with van der Waals surface area (Å²) in [4.78, 5) is 24.0. The van der Waals surface area contributed by atoms with Gasteiger partial charge in [0.2, 0.25) is 0 Å². The van der Waals surface area contributed by atoms with Crippen molar-refractivity contribution < 1.29 is 19.1 Å². The van der Waals surface area contributed by atoms with Gasteiger partial charge in [-0.1, -0.05) is 0 Å². The number of aryl methyl sites for hydroxylation is 1. The number of ether oxygens (including phenoxy) is 2. The Morgan fingerprint density at radius 1 is 0.958 bits per heavy atom. The molecule has 2 rings (SSSR count). The zero-order valence-corrected chi connectivity index (χ0v) is 14.1. The summed E-state index contributed by atoms with van der Waals surface area (Å²) < 4.78 is 10.3. The van der Waals surface area contributed by atoms with Gasteiger partial charge in [-0.15, -0.1) is 0 Å². The standard InChI is InChI=1S/C19H21NO4/c1-4-23-16-9-6-14(7-10-16)18(21)20-17-11-8-15(12-13(17)3)19(22)24-5-2/h6-12H,4-5H2,1-3H3,(H,20,21). The first-order chi connectivity index (χ1) is 11.5. The first-order valence-corrected chi connectivity index (χ1v) is 7.87. The Balaban J connectivity index is 2.09. The normalized spacial score (nSPS) is 10.1. The fraction of sp³-hybridized carbons (Fsp3) is 0.263. The summed E-state index contributed by atoms with van der Waals surface area (Å²) in [5, 5.41) is 2.84. The minimum Gasteiger partial charge on any atom is -0.494 e. The Morgan fingerprint density at radius 3 is 2.21 bits per heavy atom. The van der Waals surface area contributed by atoms with Crippen LogP contribution in [0.4, 0.5) is 5.69 Å². The Morgan fingerprint density at radius 2 is 1.62 bits per heavy atom. The van der Waals surface area contributed by atoms with Gasteiger partial charge in [-0.2, -0.15) is 0 Å². The van der Waals surface area contributed by atoms with Gasteiger partial charge < -0.3 is 14.8 Å². The van der Waals surface area contributed by atoms with Crippen molar-refractivity contribution in [2.24, 2.45) is 0 Å². The zero-order valence-electron chi connectivity index (χ0n) is 14.1. The lowest BCUT2D eigenvalue weighted by Gasteiger charge is -2.10. The summed E-state index contributed by atoms with van der Waals surface area (Å²) in [5.74, 6) is 0.138. The minimum absolute atomic E-state index is 0.218. The third-order valence-corrected chi connectivity index (χ3v) is 3.41. The quantitative estimate of drug-likeness (QED) is 0.819. The van der Waals surface area contributed by atoms with Crippen LogP contribution >= 0.6 is 0 Å². The molecule has 0 atom stereocenters. The second-order valence-corrected chi connectivity index (χ2v) is 5.16. The predicted octanol–water partition coefficient (Wildman–Crippen LogP) is 3.82. The Hall–Kier alpha value is -2.82. The highest BCUT2D eigenvalue weighted by Gasteiger charge is 2.11. The van der Waals surface area contributed by atoms with E-state index in [9.17, 15) is 9.59 Å². The Kier molecular flexibility index (Phi) is 5.95. The molecule has 5 nitrogen and oxygen atoms in total. The molecule has 0 radical (unpaired) electrons. The van der Waals surface area contributed by atoms with Gasteiger partial charge in [0.05, 0.1) is 18.8 Å². The summed E-state index contributed by atoms with van der Waals surface area (Å²) in [7, 11) is 0. The number of esters is 1. The molecular formula is C19H21NO4. The number of rotatable bonds is 6. The van der Waals surface area contributed by atoms with Crippen LogP contribution in [-0.2, 0) is 4.74 Å². The average Bonchev–Trinajstić information content (AvgIpc) is 2.57. The number of carbonyl (C=O) groups is 2. The average molecular weight is 327 g/mol. The molecule has 2 aromatic carbocycles. The maximum Gasteiger partial charge on any atom is 0.338 e. The van der Waals surface area contributed by atoms with Crippen molar-refractivity contribution in [2.45, 2.75) is 20.8 Å². The van der Waals surface area contributed by atoms with E-state index in [0.29, 0.717) is 30.0 Å². The molecule has 0 spiro atoms. The number of amides is 1. The molecule has 0 aliphatic heterocycles. The number of nitrogens with one attached hydrogen (secondary N) is 1. The molecule has 1 N–H and O–H groups in total. The fourth-order valence-electron chi connectivity index (χ4n) is 2.21. The lowest BCUT2D eigenvalue weighted by atomic mass is 10.1. The highest BCUT2D eigenvalue weighted by atomic mass is 16.5. The topological polar surface area (TPSA) is 64.6 Å². The first kappa shape index (κ1) is 17.5. The molecule has 5 heteroatoms. The molecule has 0 fully saturated rings. The SMILES string of the molecule is CCOC(=O)c1ccc(NC(=O)c2ccc(OCC)cc2)c(C)c1. The number of anilines is 1. The van der Waals surface area contributed by atoms with Gasteiger partial charge in [0, 0.05) is 11.3 Å². The van der Waals surface area contributed by atoms with Gasteiger partial charge in [-0.25, -0.2) is 4.79 Å². The molecule has 0 aromatic heterocycles. The molecule has 24 heavy (non-hydrogen) atoms. The van der Waals surface area contributed by atoms with Gasteiger partial charge in [-0.05, 0) is 68.8 Å². The molecule has 1 amide bonds. The van der Waals surface area contributed by atoms with E-state index in [1.54, 1.807) is 49.4 Å². The van der Waals surface area contributed by atoms with Crippen LogP contribution in [0.15, 0.2) is 42.5 Å². The van der Waals surface area contributed by atoms with Crippen LogP contribution in [0.25, 0.3) is 0 Å². The van der Waals surface area contributed by atoms with Crippen LogP contribution in [0.2, 0.25) is 0 Å². The van der Waals surface area contributed by atoms with E-state index in [4.69, 9.17) is 9.47 Å². The fourth-order valence-corrected chi connectivity index (χ4v) is 2.21. The molecule has 2 aromatic rings. The molecule has 0 aliphatic rings. The second-order valence-electron chi connectivity index (χ2n) is 5.16. The van der Waals surface area contributed by atoms with Crippen LogP contribution in [0.3, 0.4) is 0 Å². The molecule has 126 valence electrons. The van der Waals surface area contributed by atoms with Crippen LogP contribution in [0.1, 0.15) is 40.1 Å². The highest BCUT2D eigenvalue weighted by Crippen LogP contribution is 2.19. The lowest BCUT2D eigenvalue weighted by Crippen LogP contribution is -2.13. The largest absolute Gasteiger partial charge is 0.494 e. The second kappa shape index (κ2) is 8.15. The van der Waals surface area contributed by atoms with E-state index in [1.807, 2.05) is 13.8 Å².